The molecule has 0 atom stereocenters. The molecule has 1 saturated heterocycles. The molecule has 3 amide bonds. The molecule has 0 aromatic heterocycles. The first kappa shape index (κ1) is 18.7. The molecule has 3 rings (SSSR count). The number of hydrogen-bond donors (Lipinski definition) is 3. The van der Waals surface area contributed by atoms with Crippen LogP contribution in [-0.2, 0) is 21.3 Å². The summed E-state index contributed by atoms with van der Waals surface area (Å²) >= 11 is 0. The zero-order chi connectivity index (χ0) is 19.4. The van der Waals surface area contributed by atoms with Crippen LogP contribution in [0.4, 0.5) is 21.0 Å². The average Bonchev–Trinajstić information content (AvgIpc) is 3.06. The zero-order valence-electron chi connectivity index (χ0n) is 14.2. The number of sulfonamides is 1. The summed E-state index contributed by atoms with van der Waals surface area (Å²) in [5.41, 5.74) is 1.94. The lowest BCUT2D eigenvalue weighted by Crippen LogP contribution is -2.28. The molecule has 4 N–H and O–H groups in total. The van der Waals surface area contributed by atoms with Gasteiger partial charge in [-0.25, -0.2) is 23.1 Å². The maximum Gasteiger partial charge on any atom is 0.414 e. The number of benzene rings is 2. The van der Waals surface area contributed by atoms with Gasteiger partial charge in [0.1, 0.15) is 6.61 Å². The summed E-state index contributed by atoms with van der Waals surface area (Å²) in [5, 5.41) is 10.3. The van der Waals surface area contributed by atoms with E-state index in [1.807, 2.05) is 6.07 Å². The summed E-state index contributed by atoms with van der Waals surface area (Å²) in [6.45, 7) is 1.09. The molecule has 0 radical (unpaired) electrons. The fourth-order valence-electron chi connectivity index (χ4n) is 2.55. The Balaban J connectivity index is 1.57. The number of rotatable bonds is 5. The van der Waals surface area contributed by atoms with Crippen LogP contribution in [0.15, 0.2) is 53.4 Å². The van der Waals surface area contributed by atoms with Crippen LogP contribution >= 0.6 is 0 Å². The van der Waals surface area contributed by atoms with Crippen molar-refractivity contribution in [3.05, 3.63) is 54.1 Å². The van der Waals surface area contributed by atoms with Gasteiger partial charge in [-0.1, -0.05) is 12.1 Å². The molecule has 1 aliphatic rings. The molecular formula is C17H18N4O5S. The van der Waals surface area contributed by atoms with Gasteiger partial charge in [0.05, 0.1) is 11.4 Å². The van der Waals surface area contributed by atoms with Crippen molar-refractivity contribution in [1.82, 2.24) is 5.32 Å². The minimum absolute atomic E-state index is 0.0364. The number of primary sulfonamides is 1. The molecule has 9 nitrogen and oxygen atoms in total. The van der Waals surface area contributed by atoms with Crippen molar-refractivity contribution < 1.29 is 22.7 Å². The van der Waals surface area contributed by atoms with E-state index in [0.29, 0.717) is 24.5 Å². The summed E-state index contributed by atoms with van der Waals surface area (Å²) in [4.78, 5) is 25.1. The van der Waals surface area contributed by atoms with E-state index in [9.17, 15) is 18.0 Å². The van der Waals surface area contributed by atoms with Gasteiger partial charge in [0.25, 0.3) is 0 Å². The summed E-state index contributed by atoms with van der Waals surface area (Å²) in [5.74, 6) is 0. The number of nitrogens with two attached hydrogens (primary N) is 1. The molecule has 2 aromatic carbocycles. The number of hydrogen-bond acceptors (Lipinski definition) is 5. The molecule has 27 heavy (non-hydrogen) atoms. The molecule has 0 spiro atoms. The van der Waals surface area contributed by atoms with E-state index in [2.05, 4.69) is 10.6 Å². The molecule has 1 fully saturated rings. The Morgan fingerprint density at radius 3 is 2.56 bits per heavy atom. The number of urea groups is 1. The van der Waals surface area contributed by atoms with Crippen molar-refractivity contribution in [2.75, 3.05) is 23.4 Å². The van der Waals surface area contributed by atoms with Crippen molar-refractivity contribution in [3.63, 3.8) is 0 Å². The second kappa shape index (κ2) is 7.64. The Kier molecular flexibility index (Phi) is 5.28. The number of amides is 3. The molecule has 142 valence electrons. The molecule has 0 aliphatic carbocycles. The molecule has 10 heteroatoms. The Bertz CT molecular complexity index is 960. The second-order valence-corrected chi connectivity index (χ2v) is 7.37. The molecule has 0 saturated carbocycles. The Morgan fingerprint density at radius 1 is 1.19 bits per heavy atom. The molecule has 1 aliphatic heterocycles. The third-order valence-corrected chi connectivity index (χ3v) is 4.81. The number of carbonyl (C=O) groups excluding carboxylic acids is 2. The third-order valence-electron chi connectivity index (χ3n) is 3.88. The SMILES string of the molecule is NS(=O)(=O)c1ccc(NC(=O)NCc2cccc(N3CCOC3=O)c2)cc1. The van der Waals surface area contributed by atoms with Crippen LogP contribution in [0.2, 0.25) is 0 Å². The number of ether oxygens (including phenoxy) is 1. The first-order valence-corrected chi connectivity index (χ1v) is 9.58. The first-order chi connectivity index (χ1) is 12.8. The average molecular weight is 390 g/mol. The number of nitrogens with zero attached hydrogens (tertiary/aromatic N) is 1. The van der Waals surface area contributed by atoms with Crippen molar-refractivity contribution >= 4 is 33.5 Å². The van der Waals surface area contributed by atoms with E-state index in [-0.39, 0.29) is 17.5 Å². The normalized spacial score (nSPS) is 14.0. The van der Waals surface area contributed by atoms with Crippen LogP contribution < -0.4 is 20.7 Å². The van der Waals surface area contributed by atoms with Gasteiger partial charge in [-0.15, -0.1) is 0 Å². The van der Waals surface area contributed by atoms with Gasteiger partial charge in [0.2, 0.25) is 10.0 Å². The minimum Gasteiger partial charge on any atom is -0.447 e. The monoisotopic (exact) mass is 390 g/mol. The molecule has 0 bridgehead atoms. The smallest absolute Gasteiger partial charge is 0.414 e. The van der Waals surface area contributed by atoms with Crippen LogP contribution in [0, 0.1) is 0 Å². The van der Waals surface area contributed by atoms with Crippen molar-refractivity contribution in [2.24, 2.45) is 5.14 Å². The number of nitrogens with one attached hydrogen (secondary N) is 2. The van der Waals surface area contributed by atoms with Crippen LogP contribution in [0.1, 0.15) is 5.56 Å². The predicted octanol–water partition coefficient (Wildman–Crippen LogP) is 1.61. The van der Waals surface area contributed by atoms with Crippen LogP contribution in [0.3, 0.4) is 0 Å². The third kappa shape index (κ3) is 4.74. The van der Waals surface area contributed by atoms with Crippen LogP contribution in [-0.4, -0.2) is 33.7 Å². The predicted molar refractivity (Wildman–Crippen MR) is 98.8 cm³/mol. The van der Waals surface area contributed by atoms with Gasteiger partial charge in [-0.2, -0.15) is 0 Å². The fraction of sp³-hybridized carbons (Fsp3) is 0.176. The van der Waals surface area contributed by atoms with Gasteiger partial charge in [0, 0.05) is 17.9 Å². The van der Waals surface area contributed by atoms with Crippen LogP contribution in [0.5, 0.6) is 0 Å². The minimum atomic E-state index is -3.77. The van der Waals surface area contributed by atoms with E-state index < -0.39 is 16.1 Å². The zero-order valence-corrected chi connectivity index (χ0v) is 15.0. The lowest BCUT2D eigenvalue weighted by Gasteiger charge is -2.14. The summed E-state index contributed by atoms with van der Waals surface area (Å²) in [6.07, 6.45) is -0.388. The lowest BCUT2D eigenvalue weighted by molar-refractivity contribution is 0.181. The van der Waals surface area contributed by atoms with E-state index in [1.54, 1.807) is 18.2 Å². The Morgan fingerprint density at radius 2 is 1.93 bits per heavy atom. The van der Waals surface area contributed by atoms with Crippen LogP contribution in [0.25, 0.3) is 0 Å². The first-order valence-electron chi connectivity index (χ1n) is 8.04. The standard InChI is InChI=1S/C17H18N4O5S/c18-27(24,25)15-6-4-13(5-7-15)20-16(22)19-11-12-2-1-3-14(10-12)21-8-9-26-17(21)23/h1-7,10H,8-9,11H2,(H2,18,24,25)(H2,19,20,22). The van der Waals surface area contributed by atoms with Gasteiger partial charge < -0.3 is 15.4 Å². The van der Waals surface area contributed by atoms with E-state index >= 15 is 0 Å². The highest BCUT2D eigenvalue weighted by Crippen LogP contribution is 2.20. The fourth-order valence-corrected chi connectivity index (χ4v) is 3.06. The summed E-state index contributed by atoms with van der Waals surface area (Å²) in [7, 11) is -3.77. The Hall–Kier alpha value is -3.11. The maximum absolute atomic E-state index is 12.0. The maximum atomic E-state index is 12.0. The molecule has 0 unspecified atom stereocenters. The quantitative estimate of drug-likeness (QED) is 0.714. The highest BCUT2D eigenvalue weighted by atomic mass is 32.2. The van der Waals surface area contributed by atoms with Crippen molar-refractivity contribution in [3.8, 4) is 0 Å². The number of anilines is 2. The lowest BCUT2D eigenvalue weighted by atomic mass is 10.2. The highest BCUT2D eigenvalue weighted by Gasteiger charge is 2.23. The second-order valence-electron chi connectivity index (χ2n) is 5.81. The largest absolute Gasteiger partial charge is 0.447 e. The Labute approximate surface area is 156 Å². The summed E-state index contributed by atoms with van der Waals surface area (Å²) in [6, 6.07) is 12.3. The highest BCUT2D eigenvalue weighted by molar-refractivity contribution is 7.89. The summed E-state index contributed by atoms with van der Waals surface area (Å²) < 4.78 is 27.3. The van der Waals surface area contributed by atoms with Crippen molar-refractivity contribution in [2.45, 2.75) is 11.4 Å². The van der Waals surface area contributed by atoms with E-state index in [0.717, 1.165) is 5.56 Å². The van der Waals surface area contributed by atoms with E-state index in [1.165, 1.54) is 29.2 Å². The topological polar surface area (TPSA) is 131 Å². The van der Waals surface area contributed by atoms with Gasteiger partial charge >= 0.3 is 12.1 Å². The van der Waals surface area contributed by atoms with Gasteiger partial charge in [0.15, 0.2) is 0 Å². The molecule has 2 aromatic rings. The van der Waals surface area contributed by atoms with Gasteiger partial charge in [-0.05, 0) is 42.0 Å². The molecular weight excluding hydrogens is 372 g/mol. The molecule has 1 heterocycles. The number of cyclic esters (lactones) is 1. The number of carbonyl (C=O) groups is 2. The van der Waals surface area contributed by atoms with Gasteiger partial charge in [-0.3, -0.25) is 4.90 Å². The van der Waals surface area contributed by atoms with Crippen molar-refractivity contribution in [1.29, 1.82) is 0 Å². The van der Waals surface area contributed by atoms with E-state index in [4.69, 9.17) is 9.88 Å².